The second kappa shape index (κ2) is 34.1. The van der Waals surface area contributed by atoms with Crippen LogP contribution in [0.2, 0.25) is 0 Å². The Balaban J connectivity index is 3.37. The van der Waals surface area contributed by atoms with Gasteiger partial charge in [-0.1, -0.05) is 101 Å². The fourth-order valence-electron chi connectivity index (χ4n) is 4.50. The zero-order valence-corrected chi connectivity index (χ0v) is 27.3. The van der Waals surface area contributed by atoms with E-state index in [0.717, 1.165) is 37.4 Å². The molecular formula is C34H64Cl2O3. The second-order valence-corrected chi connectivity index (χ2v) is 11.9. The molecule has 0 amide bonds. The SMILES string of the molecule is CC(CCC=CCCCCCCCCCCCl)OCOCOC(C)CCC=CCCCCCCCCCCCl. The van der Waals surface area contributed by atoms with Crippen molar-refractivity contribution in [3.8, 4) is 0 Å². The summed E-state index contributed by atoms with van der Waals surface area (Å²) in [5.41, 5.74) is 0. The van der Waals surface area contributed by atoms with Crippen molar-refractivity contribution < 1.29 is 14.2 Å². The first kappa shape index (κ1) is 38.9. The van der Waals surface area contributed by atoms with Crippen LogP contribution in [0.1, 0.15) is 155 Å². The third kappa shape index (κ3) is 34.0. The van der Waals surface area contributed by atoms with Crippen LogP contribution < -0.4 is 0 Å². The summed E-state index contributed by atoms with van der Waals surface area (Å²) in [5, 5.41) is 0. The molecule has 0 rings (SSSR count). The van der Waals surface area contributed by atoms with Gasteiger partial charge in [0.05, 0.1) is 12.2 Å². The van der Waals surface area contributed by atoms with Crippen LogP contribution in [0.5, 0.6) is 0 Å². The van der Waals surface area contributed by atoms with E-state index in [4.69, 9.17) is 37.4 Å². The first-order valence-corrected chi connectivity index (χ1v) is 17.5. The number of hydrogen-bond donors (Lipinski definition) is 0. The van der Waals surface area contributed by atoms with Gasteiger partial charge >= 0.3 is 0 Å². The highest BCUT2D eigenvalue weighted by molar-refractivity contribution is 6.18. The van der Waals surface area contributed by atoms with E-state index in [-0.39, 0.29) is 12.2 Å². The second-order valence-electron chi connectivity index (χ2n) is 11.1. The molecule has 0 bridgehead atoms. The summed E-state index contributed by atoms with van der Waals surface area (Å²) < 4.78 is 17.0. The van der Waals surface area contributed by atoms with E-state index in [1.54, 1.807) is 0 Å². The van der Waals surface area contributed by atoms with Crippen LogP contribution >= 0.6 is 23.2 Å². The minimum absolute atomic E-state index is 0.206. The van der Waals surface area contributed by atoms with E-state index in [1.165, 1.54) is 116 Å². The van der Waals surface area contributed by atoms with E-state index in [2.05, 4.69) is 38.2 Å². The Labute approximate surface area is 253 Å². The minimum Gasteiger partial charge on any atom is -0.352 e. The fraction of sp³-hybridized carbons (Fsp3) is 0.882. The van der Waals surface area contributed by atoms with Crippen molar-refractivity contribution in [3.05, 3.63) is 24.3 Å². The molecule has 0 radical (unpaired) electrons. The molecule has 2 unspecified atom stereocenters. The lowest BCUT2D eigenvalue weighted by Crippen LogP contribution is -2.15. The molecular weight excluding hydrogens is 527 g/mol. The van der Waals surface area contributed by atoms with Crippen LogP contribution in [0.15, 0.2) is 24.3 Å². The maximum atomic E-state index is 5.75. The highest BCUT2D eigenvalue weighted by atomic mass is 35.5. The highest BCUT2D eigenvalue weighted by Crippen LogP contribution is 2.12. The largest absolute Gasteiger partial charge is 0.352 e. The smallest absolute Gasteiger partial charge is 0.149 e. The number of unbranched alkanes of at least 4 members (excludes halogenated alkanes) is 16. The summed E-state index contributed by atoms with van der Waals surface area (Å²) in [6.45, 7) is 4.84. The van der Waals surface area contributed by atoms with E-state index in [9.17, 15) is 0 Å². The van der Waals surface area contributed by atoms with Crippen LogP contribution in [-0.2, 0) is 14.2 Å². The van der Waals surface area contributed by atoms with Crippen molar-refractivity contribution in [1.82, 2.24) is 0 Å². The first-order valence-electron chi connectivity index (χ1n) is 16.4. The third-order valence-electron chi connectivity index (χ3n) is 7.19. The first-order chi connectivity index (χ1) is 19.2. The van der Waals surface area contributed by atoms with Crippen molar-refractivity contribution in [1.29, 1.82) is 0 Å². The average molecular weight is 592 g/mol. The number of ether oxygens (including phenoxy) is 3. The molecule has 0 aliphatic rings. The van der Waals surface area contributed by atoms with Gasteiger partial charge < -0.3 is 14.2 Å². The Hall–Kier alpha value is -0.0600. The minimum atomic E-state index is 0.206. The van der Waals surface area contributed by atoms with Gasteiger partial charge in [-0.15, -0.1) is 23.2 Å². The number of allylic oxidation sites excluding steroid dienone is 4. The maximum absolute atomic E-state index is 5.75. The summed E-state index contributed by atoms with van der Waals surface area (Å²) in [7, 11) is 0. The molecule has 0 aliphatic heterocycles. The predicted octanol–water partition coefficient (Wildman–Crippen LogP) is 11.9. The lowest BCUT2D eigenvalue weighted by Gasteiger charge is -2.14. The lowest BCUT2D eigenvalue weighted by molar-refractivity contribution is -0.160. The Morgan fingerprint density at radius 2 is 0.744 bits per heavy atom. The van der Waals surface area contributed by atoms with Crippen molar-refractivity contribution in [3.63, 3.8) is 0 Å². The Kier molecular flexibility index (Phi) is 34.1. The molecule has 0 N–H and O–H groups in total. The molecule has 0 saturated heterocycles. The molecule has 232 valence electrons. The van der Waals surface area contributed by atoms with Gasteiger partial charge in [-0.05, 0) is 78.1 Å². The average Bonchev–Trinajstić information content (AvgIpc) is 2.93. The van der Waals surface area contributed by atoms with Crippen molar-refractivity contribution in [2.24, 2.45) is 0 Å². The summed E-state index contributed by atoms with van der Waals surface area (Å²) in [6.07, 6.45) is 37.5. The van der Waals surface area contributed by atoms with Gasteiger partial charge in [0.15, 0.2) is 0 Å². The summed E-state index contributed by atoms with van der Waals surface area (Å²) in [4.78, 5) is 0. The number of hydrogen-bond acceptors (Lipinski definition) is 3. The number of rotatable bonds is 32. The van der Waals surface area contributed by atoms with Gasteiger partial charge in [0.25, 0.3) is 0 Å². The van der Waals surface area contributed by atoms with Gasteiger partial charge in [0.1, 0.15) is 13.6 Å². The lowest BCUT2D eigenvalue weighted by atomic mass is 10.1. The molecule has 39 heavy (non-hydrogen) atoms. The molecule has 0 heterocycles. The molecule has 0 saturated carbocycles. The van der Waals surface area contributed by atoms with E-state index < -0.39 is 0 Å². The monoisotopic (exact) mass is 590 g/mol. The predicted molar refractivity (Wildman–Crippen MR) is 173 cm³/mol. The van der Waals surface area contributed by atoms with Gasteiger partial charge in [-0.25, -0.2) is 0 Å². The van der Waals surface area contributed by atoms with Crippen LogP contribution in [0.4, 0.5) is 0 Å². The van der Waals surface area contributed by atoms with Crippen LogP contribution in [-0.4, -0.2) is 37.6 Å². The number of alkyl halides is 2. The molecule has 0 aromatic carbocycles. The van der Waals surface area contributed by atoms with E-state index in [1.807, 2.05) is 0 Å². The van der Waals surface area contributed by atoms with Crippen molar-refractivity contribution in [2.45, 2.75) is 167 Å². The fourth-order valence-corrected chi connectivity index (χ4v) is 4.88. The topological polar surface area (TPSA) is 27.7 Å². The number of halogens is 2. The molecule has 0 fully saturated rings. The normalized spacial score (nSPS) is 13.6. The summed E-state index contributed by atoms with van der Waals surface area (Å²) in [5.74, 6) is 1.63. The van der Waals surface area contributed by atoms with Gasteiger partial charge in [-0.3, -0.25) is 0 Å². The van der Waals surface area contributed by atoms with Gasteiger partial charge in [-0.2, -0.15) is 0 Å². The molecule has 2 atom stereocenters. The molecule has 0 aliphatic carbocycles. The van der Waals surface area contributed by atoms with Crippen LogP contribution in [0.3, 0.4) is 0 Å². The van der Waals surface area contributed by atoms with Crippen molar-refractivity contribution >= 4 is 23.2 Å². The van der Waals surface area contributed by atoms with Crippen molar-refractivity contribution in [2.75, 3.05) is 25.3 Å². The standard InChI is InChI=1S/C34H64Cl2O3/c1-33(27-23-19-15-11-7-3-5-9-13-17-21-25-29-35)38-31-37-32-39-34(2)28-24-20-16-12-8-4-6-10-14-18-22-26-30-36/h15-16,19-20,33-34H,3-14,17-18,21-32H2,1-2H3. The molecule has 0 aromatic rings. The third-order valence-corrected chi connectivity index (χ3v) is 7.73. The Morgan fingerprint density at radius 3 is 1.10 bits per heavy atom. The summed E-state index contributed by atoms with van der Waals surface area (Å²) >= 11 is 11.4. The van der Waals surface area contributed by atoms with E-state index in [0.29, 0.717) is 13.6 Å². The highest BCUT2D eigenvalue weighted by Gasteiger charge is 2.03. The summed E-state index contributed by atoms with van der Waals surface area (Å²) in [6, 6.07) is 0. The molecule has 0 aromatic heterocycles. The van der Waals surface area contributed by atoms with Gasteiger partial charge in [0.2, 0.25) is 0 Å². The zero-order valence-electron chi connectivity index (χ0n) is 25.8. The van der Waals surface area contributed by atoms with E-state index >= 15 is 0 Å². The molecule has 5 heteroatoms. The maximum Gasteiger partial charge on any atom is 0.149 e. The molecule has 0 spiro atoms. The van der Waals surface area contributed by atoms with Crippen LogP contribution in [0, 0.1) is 0 Å². The zero-order chi connectivity index (χ0) is 28.5. The van der Waals surface area contributed by atoms with Gasteiger partial charge in [0, 0.05) is 11.8 Å². The van der Waals surface area contributed by atoms with Crippen LogP contribution in [0.25, 0.3) is 0 Å². The Bertz CT molecular complexity index is 469. The Morgan fingerprint density at radius 1 is 0.436 bits per heavy atom. The molecule has 3 nitrogen and oxygen atoms in total. The quantitative estimate of drug-likeness (QED) is 0.0337.